The number of nitrogens with two attached hydrogens (primary N) is 1. The summed E-state index contributed by atoms with van der Waals surface area (Å²) in [7, 11) is 1.69. The summed E-state index contributed by atoms with van der Waals surface area (Å²) in [6.07, 6.45) is 3.84. The van der Waals surface area contributed by atoms with Crippen molar-refractivity contribution >= 4 is 5.96 Å². The molecule has 0 radical (unpaired) electrons. The van der Waals surface area contributed by atoms with Crippen molar-refractivity contribution in [3.8, 4) is 0 Å². The van der Waals surface area contributed by atoms with Crippen molar-refractivity contribution in [3.63, 3.8) is 0 Å². The normalized spacial score (nSPS) is 21.7. The third-order valence-corrected chi connectivity index (χ3v) is 1.87. The lowest BCUT2D eigenvalue weighted by atomic mass is 10.2. The minimum atomic E-state index is 0.506. The molecule has 4 nitrogen and oxygen atoms in total. The summed E-state index contributed by atoms with van der Waals surface area (Å²) in [5, 5.41) is 2.12. The van der Waals surface area contributed by atoms with E-state index >= 15 is 0 Å². The Morgan fingerprint density at radius 3 is 2.55 bits per heavy atom. The molecule has 0 atom stereocenters. The Balaban J connectivity index is 2.24. The number of hydrazine groups is 1. The fraction of sp³-hybridized carbons (Fsp3) is 0.857. The van der Waals surface area contributed by atoms with Crippen LogP contribution >= 0.6 is 0 Å². The lowest BCUT2D eigenvalue weighted by molar-refractivity contribution is 0.193. The van der Waals surface area contributed by atoms with Crippen LogP contribution in [0.4, 0.5) is 0 Å². The summed E-state index contributed by atoms with van der Waals surface area (Å²) in [6.45, 7) is 2.16. The first kappa shape index (κ1) is 8.33. The first-order valence-electron chi connectivity index (χ1n) is 4.07. The van der Waals surface area contributed by atoms with Crippen LogP contribution in [0.3, 0.4) is 0 Å². The zero-order valence-electron chi connectivity index (χ0n) is 7.01. The molecular formula is C7H16N4. The third-order valence-electron chi connectivity index (χ3n) is 1.87. The van der Waals surface area contributed by atoms with Crippen molar-refractivity contribution in [3.05, 3.63) is 0 Å². The van der Waals surface area contributed by atoms with Crippen LogP contribution in [0, 0.1) is 0 Å². The Morgan fingerprint density at radius 2 is 2.00 bits per heavy atom. The van der Waals surface area contributed by atoms with Crippen LogP contribution in [0.5, 0.6) is 0 Å². The van der Waals surface area contributed by atoms with Gasteiger partial charge in [-0.1, -0.05) is 6.42 Å². The molecule has 1 aliphatic rings. The van der Waals surface area contributed by atoms with Gasteiger partial charge in [0.25, 0.3) is 0 Å². The van der Waals surface area contributed by atoms with Gasteiger partial charge in [0.15, 0.2) is 0 Å². The molecule has 1 heterocycles. The average molecular weight is 156 g/mol. The predicted octanol–water partition coefficient (Wildman–Crippen LogP) is -0.0786. The molecular weight excluding hydrogens is 140 g/mol. The highest BCUT2D eigenvalue weighted by Crippen LogP contribution is 2.05. The molecule has 0 aromatic carbocycles. The largest absolute Gasteiger partial charge is 0.369 e. The number of rotatable bonds is 1. The zero-order chi connectivity index (χ0) is 8.10. The van der Waals surface area contributed by atoms with Gasteiger partial charge >= 0.3 is 0 Å². The fourth-order valence-electron chi connectivity index (χ4n) is 1.22. The van der Waals surface area contributed by atoms with Crippen molar-refractivity contribution in [2.24, 2.45) is 10.7 Å². The second-order valence-corrected chi connectivity index (χ2v) is 2.77. The van der Waals surface area contributed by atoms with E-state index in [-0.39, 0.29) is 0 Å². The van der Waals surface area contributed by atoms with Gasteiger partial charge in [0.05, 0.1) is 0 Å². The molecule has 0 amide bonds. The topological polar surface area (TPSA) is 53.6 Å². The lowest BCUT2D eigenvalue weighted by Crippen LogP contribution is -2.48. The molecule has 1 rings (SSSR count). The Hall–Kier alpha value is -0.770. The smallest absolute Gasteiger partial charge is 0.203 e. The van der Waals surface area contributed by atoms with Gasteiger partial charge in [0.2, 0.25) is 5.96 Å². The summed E-state index contributed by atoms with van der Waals surface area (Å²) in [5.74, 6) is 0.506. The van der Waals surface area contributed by atoms with Gasteiger partial charge in [-0.3, -0.25) is 10.4 Å². The van der Waals surface area contributed by atoms with E-state index < -0.39 is 0 Å². The summed E-state index contributed by atoms with van der Waals surface area (Å²) in [5.41, 5.74) is 8.53. The highest BCUT2D eigenvalue weighted by molar-refractivity contribution is 5.77. The third kappa shape index (κ3) is 2.76. The SMILES string of the molecule is CN=C(N)NN1CCCCC1. The van der Waals surface area contributed by atoms with Crippen molar-refractivity contribution < 1.29 is 0 Å². The van der Waals surface area contributed by atoms with Crippen LogP contribution in [-0.4, -0.2) is 31.1 Å². The van der Waals surface area contributed by atoms with Crippen molar-refractivity contribution in [1.82, 2.24) is 10.4 Å². The molecule has 0 saturated carbocycles. The molecule has 0 bridgehead atoms. The lowest BCUT2D eigenvalue weighted by Gasteiger charge is -2.26. The van der Waals surface area contributed by atoms with Crippen LogP contribution < -0.4 is 11.2 Å². The predicted molar refractivity (Wildman–Crippen MR) is 46.1 cm³/mol. The highest BCUT2D eigenvalue weighted by atomic mass is 15.5. The van der Waals surface area contributed by atoms with Crippen molar-refractivity contribution in [2.45, 2.75) is 19.3 Å². The first-order valence-corrected chi connectivity index (χ1v) is 4.07. The van der Waals surface area contributed by atoms with Gasteiger partial charge in [0.1, 0.15) is 0 Å². The van der Waals surface area contributed by atoms with E-state index in [0.29, 0.717) is 5.96 Å². The maximum Gasteiger partial charge on any atom is 0.203 e. The van der Waals surface area contributed by atoms with Crippen LogP contribution in [-0.2, 0) is 0 Å². The number of nitrogens with one attached hydrogen (secondary N) is 1. The summed E-state index contributed by atoms with van der Waals surface area (Å²) in [6, 6.07) is 0. The monoisotopic (exact) mass is 156 g/mol. The molecule has 0 unspecified atom stereocenters. The molecule has 11 heavy (non-hydrogen) atoms. The molecule has 0 aromatic rings. The Labute approximate surface area is 67.4 Å². The molecule has 4 heteroatoms. The minimum Gasteiger partial charge on any atom is -0.369 e. The Kier molecular flexibility index (Phi) is 3.16. The zero-order valence-corrected chi connectivity index (χ0v) is 7.01. The summed E-state index contributed by atoms with van der Waals surface area (Å²) < 4.78 is 0. The molecule has 0 aliphatic carbocycles. The van der Waals surface area contributed by atoms with Crippen LogP contribution in [0.2, 0.25) is 0 Å². The number of piperidine rings is 1. The molecule has 1 aliphatic heterocycles. The fourth-order valence-corrected chi connectivity index (χ4v) is 1.22. The summed E-state index contributed by atoms with van der Waals surface area (Å²) >= 11 is 0. The molecule has 64 valence electrons. The second-order valence-electron chi connectivity index (χ2n) is 2.77. The van der Waals surface area contributed by atoms with Crippen LogP contribution in [0.15, 0.2) is 4.99 Å². The molecule has 0 aromatic heterocycles. The van der Waals surface area contributed by atoms with Gasteiger partial charge in [0, 0.05) is 20.1 Å². The quantitative estimate of drug-likeness (QED) is 0.412. The van der Waals surface area contributed by atoms with Gasteiger partial charge in [-0.2, -0.15) is 0 Å². The molecule has 3 N–H and O–H groups in total. The number of hydrogen-bond donors (Lipinski definition) is 2. The van der Waals surface area contributed by atoms with E-state index in [4.69, 9.17) is 5.73 Å². The molecule has 1 saturated heterocycles. The number of aliphatic imine (C=N–C) groups is 1. The molecule has 1 fully saturated rings. The second kappa shape index (κ2) is 4.18. The van der Waals surface area contributed by atoms with Crippen LogP contribution in [0.25, 0.3) is 0 Å². The van der Waals surface area contributed by atoms with Gasteiger partial charge in [-0.15, -0.1) is 0 Å². The van der Waals surface area contributed by atoms with E-state index in [1.165, 1.54) is 19.3 Å². The van der Waals surface area contributed by atoms with E-state index in [2.05, 4.69) is 15.4 Å². The Morgan fingerprint density at radius 1 is 1.36 bits per heavy atom. The number of nitrogens with zero attached hydrogens (tertiary/aromatic N) is 2. The maximum atomic E-state index is 5.50. The van der Waals surface area contributed by atoms with Gasteiger partial charge in [-0.05, 0) is 12.8 Å². The standard InChI is InChI=1S/C7H16N4/c1-9-7(8)10-11-5-3-2-4-6-11/h2-6H2,1H3,(H3,8,9,10). The number of hydrogen-bond acceptors (Lipinski definition) is 2. The summed E-state index contributed by atoms with van der Waals surface area (Å²) in [4.78, 5) is 3.82. The van der Waals surface area contributed by atoms with Crippen molar-refractivity contribution in [2.75, 3.05) is 20.1 Å². The van der Waals surface area contributed by atoms with Gasteiger partial charge in [-0.25, -0.2) is 5.01 Å². The Bertz CT molecular complexity index is 137. The average Bonchev–Trinajstić information content (AvgIpc) is 2.06. The highest BCUT2D eigenvalue weighted by Gasteiger charge is 2.09. The first-order chi connectivity index (χ1) is 5.33. The molecule has 0 spiro atoms. The van der Waals surface area contributed by atoms with E-state index in [1.54, 1.807) is 7.05 Å². The van der Waals surface area contributed by atoms with Crippen molar-refractivity contribution in [1.29, 1.82) is 0 Å². The van der Waals surface area contributed by atoms with Gasteiger partial charge < -0.3 is 5.73 Å². The van der Waals surface area contributed by atoms with E-state index in [1.807, 2.05) is 0 Å². The minimum absolute atomic E-state index is 0.506. The number of guanidine groups is 1. The maximum absolute atomic E-state index is 5.50. The van der Waals surface area contributed by atoms with Crippen LogP contribution in [0.1, 0.15) is 19.3 Å². The van der Waals surface area contributed by atoms with E-state index in [9.17, 15) is 0 Å². The van der Waals surface area contributed by atoms with E-state index in [0.717, 1.165) is 13.1 Å².